The molecule has 2 aromatic heterocycles. The minimum Gasteiger partial charge on any atom is -0.400 e. The van der Waals surface area contributed by atoms with Gasteiger partial charge < -0.3 is 19.2 Å². The summed E-state index contributed by atoms with van der Waals surface area (Å²) in [6, 6.07) is 2.51. The fraction of sp³-hybridized carbons (Fsp3) is 0.333. The Morgan fingerprint density at radius 3 is 2.78 bits per heavy atom. The Labute approximate surface area is 153 Å². The lowest BCUT2D eigenvalue weighted by atomic mass is 10.2. The number of hydrogen-bond donors (Lipinski definition) is 2. The van der Waals surface area contributed by atoms with Crippen LogP contribution in [0.15, 0.2) is 28.0 Å². The highest BCUT2D eigenvalue weighted by Gasteiger charge is 2.26. The number of aromatic nitrogens is 2. The maximum atomic E-state index is 12.6. The zero-order valence-corrected chi connectivity index (χ0v) is 14.4. The first-order chi connectivity index (χ1) is 13.0. The van der Waals surface area contributed by atoms with Gasteiger partial charge in [0.05, 0.1) is 18.6 Å². The molecule has 0 aliphatic carbocycles. The van der Waals surface area contributed by atoms with Gasteiger partial charge in [-0.2, -0.15) is 5.10 Å². The third kappa shape index (κ3) is 4.17. The second-order valence-corrected chi connectivity index (χ2v) is 5.85. The van der Waals surface area contributed by atoms with Crippen LogP contribution >= 0.6 is 0 Å². The number of rotatable bonds is 5. The van der Waals surface area contributed by atoms with E-state index in [1.54, 1.807) is 4.90 Å². The number of amides is 2. The van der Waals surface area contributed by atoms with Gasteiger partial charge in [-0.1, -0.05) is 0 Å². The summed E-state index contributed by atoms with van der Waals surface area (Å²) in [6.45, 7) is 2.62. The maximum Gasteiger partial charge on any atom is 0.433 e. The van der Waals surface area contributed by atoms with E-state index >= 15 is 0 Å². The number of hydrazone groups is 1. The molecule has 0 radical (unpaired) electrons. The summed E-state index contributed by atoms with van der Waals surface area (Å²) >= 11 is 0. The monoisotopic (exact) mass is 375 g/mol. The molecule has 142 valence electrons. The Kier molecular flexibility index (Phi) is 5.26. The molecule has 1 saturated heterocycles. The molecule has 3 rings (SSSR count). The first-order valence-corrected chi connectivity index (χ1v) is 8.04. The predicted molar refractivity (Wildman–Crippen MR) is 92.4 cm³/mol. The Morgan fingerprint density at radius 1 is 1.37 bits per heavy atom. The lowest BCUT2D eigenvalue weighted by Crippen LogP contribution is -2.47. The van der Waals surface area contributed by atoms with Gasteiger partial charge >= 0.3 is 5.88 Å². The lowest BCUT2D eigenvalue weighted by Gasteiger charge is -2.32. The van der Waals surface area contributed by atoms with Crippen LogP contribution in [-0.2, 0) is 0 Å². The van der Waals surface area contributed by atoms with Gasteiger partial charge in [-0.25, -0.2) is 10.4 Å². The Balaban J connectivity index is 1.64. The van der Waals surface area contributed by atoms with Crippen LogP contribution < -0.4 is 5.43 Å². The summed E-state index contributed by atoms with van der Waals surface area (Å²) in [7, 11) is 1.97. The molecular weight excluding hydrogens is 358 g/mol. The molecule has 3 heterocycles. The standard InChI is InChI=1S/C15H17N7O5/c1-20-4-6-21(7-5-20)15(24)13-12(16-9-17-13)14(23)19-18-8-10-2-3-11(27-10)22(25)26/h2-3,8-9H,4-7H2,1H3,(H,16,17)(H,19,23)/b18-8-. The number of piperazine rings is 1. The first-order valence-electron chi connectivity index (χ1n) is 8.04. The SMILES string of the molecule is CN1CCN(C(=O)c2[nH]cnc2C(=O)N/N=C\c2ccc([N+](=O)[O-])o2)CC1. The highest BCUT2D eigenvalue weighted by molar-refractivity contribution is 6.04. The van der Waals surface area contributed by atoms with Gasteiger partial charge in [-0.05, 0) is 13.1 Å². The fourth-order valence-corrected chi connectivity index (χ4v) is 2.51. The van der Waals surface area contributed by atoms with Crippen molar-refractivity contribution < 1.29 is 18.9 Å². The third-order valence-electron chi connectivity index (χ3n) is 4.01. The van der Waals surface area contributed by atoms with Crippen LogP contribution in [0.5, 0.6) is 0 Å². The van der Waals surface area contributed by atoms with Crippen LogP contribution in [0.1, 0.15) is 26.7 Å². The van der Waals surface area contributed by atoms with E-state index in [1.165, 1.54) is 18.5 Å². The highest BCUT2D eigenvalue weighted by atomic mass is 16.6. The number of imidazole rings is 1. The average molecular weight is 375 g/mol. The quantitative estimate of drug-likeness (QED) is 0.426. The number of nitrogens with zero attached hydrogens (tertiary/aromatic N) is 5. The molecule has 0 atom stereocenters. The summed E-state index contributed by atoms with van der Waals surface area (Å²) in [4.78, 5) is 45.0. The Bertz CT molecular complexity index is 879. The number of nitro groups is 1. The van der Waals surface area contributed by atoms with Crippen LogP contribution in [0.4, 0.5) is 5.88 Å². The van der Waals surface area contributed by atoms with Crippen LogP contribution in [0.3, 0.4) is 0 Å². The van der Waals surface area contributed by atoms with Crippen molar-refractivity contribution in [1.29, 1.82) is 0 Å². The Hall–Kier alpha value is -3.54. The summed E-state index contributed by atoms with van der Waals surface area (Å²) in [5, 5.41) is 14.2. The molecule has 2 N–H and O–H groups in total. The first kappa shape index (κ1) is 18.3. The molecule has 0 aromatic carbocycles. The van der Waals surface area contributed by atoms with Gasteiger partial charge in [0.25, 0.3) is 11.8 Å². The molecule has 1 fully saturated rings. The van der Waals surface area contributed by atoms with Crippen molar-refractivity contribution in [3.05, 3.63) is 45.7 Å². The van der Waals surface area contributed by atoms with Crippen LogP contribution in [0.25, 0.3) is 0 Å². The molecule has 12 heteroatoms. The topological polar surface area (TPSA) is 150 Å². The largest absolute Gasteiger partial charge is 0.433 e. The minimum atomic E-state index is -0.689. The van der Waals surface area contributed by atoms with Gasteiger partial charge in [-0.3, -0.25) is 19.7 Å². The lowest BCUT2D eigenvalue weighted by molar-refractivity contribution is -0.402. The summed E-state index contributed by atoms with van der Waals surface area (Å²) in [5.74, 6) is -1.34. The van der Waals surface area contributed by atoms with E-state index in [2.05, 4.69) is 25.4 Å². The van der Waals surface area contributed by atoms with Gasteiger partial charge in [-0.15, -0.1) is 0 Å². The predicted octanol–water partition coefficient (Wildman–Crippen LogP) is 0.0624. The number of H-pyrrole nitrogens is 1. The number of furan rings is 1. The van der Waals surface area contributed by atoms with E-state index < -0.39 is 16.7 Å². The summed E-state index contributed by atoms with van der Waals surface area (Å²) in [6.07, 6.45) is 2.37. The molecule has 2 aromatic rings. The molecular formula is C15H17N7O5. The Morgan fingerprint density at radius 2 is 2.11 bits per heavy atom. The highest BCUT2D eigenvalue weighted by Crippen LogP contribution is 2.14. The number of likely N-dealkylation sites (N-methyl/N-ethyl adjacent to an activating group) is 1. The molecule has 1 aliphatic heterocycles. The van der Waals surface area contributed by atoms with Crippen molar-refractivity contribution in [2.75, 3.05) is 33.2 Å². The van der Waals surface area contributed by atoms with Crippen molar-refractivity contribution in [3.8, 4) is 0 Å². The van der Waals surface area contributed by atoms with Gasteiger partial charge in [0.2, 0.25) is 0 Å². The van der Waals surface area contributed by atoms with Crippen LogP contribution in [-0.4, -0.2) is 75.9 Å². The zero-order valence-electron chi connectivity index (χ0n) is 14.4. The maximum absolute atomic E-state index is 12.6. The number of aromatic amines is 1. The van der Waals surface area contributed by atoms with Crippen molar-refractivity contribution in [2.45, 2.75) is 0 Å². The summed E-state index contributed by atoms with van der Waals surface area (Å²) in [5.41, 5.74) is 2.22. The average Bonchev–Trinajstić information content (AvgIpc) is 3.31. The minimum absolute atomic E-state index is 0.0819. The van der Waals surface area contributed by atoms with E-state index in [0.29, 0.717) is 13.1 Å². The normalized spacial score (nSPS) is 15.2. The molecule has 0 spiro atoms. The molecule has 12 nitrogen and oxygen atoms in total. The third-order valence-corrected chi connectivity index (χ3v) is 4.01. The molecule has 0 unspecified atom stereocenters. The molecule has 0 saturated carbocycles. The van der Waals surface area contributed by atoms with Crippen LogP contribution in [0.2, 0.25) is 0 Å². The van der Waals surface area contributed by atoms with E-state index in [4.69, 9.17) is 4.42 Å². The van der Waals surface area contributed by atoms with E-state index in [-0.39, 0.29) is 23.1 Å². The van der Waals surface area contributed by atoms with Crippen molar-refractivity contribution in [2.24, 2.45) is 5.10 Å². The van der Waals surface area contributed by atoms with Crippen LogP contribution in [0, 0.1) is 10.1 Å². The second kappa shape index (κ2) is 7.78. The smallest absolute Gasteiger partial charge is 0.400 e. The van der Waals surface area contributed by atoms with Gasteiger partial charge in [0, 0.05) is 26.2 Å². The fourth-order valence-electron chi connectivity index (χ4n) is 2.51. The van der Waals surface area contributed by atoms with Crippen molar-refractivity contribution >= 4 is 23.9 Å². The second-order valence-electron chi connectivity index (χ2n) is 5.85. The number of carbonyl (C=O) groups excluding carboxylic acids is 2. The number of nitrogens with one attached hydrogen (secondary N) is 2. The van der Waals surface area contributed by atoms with Crippen molar-refractivity contribution in [3.63, 3.8) is 0 Å². The number of hydrogen-bond acceptors (Lipinski definition) is 8. The van der Waals surface area contributed by atoms with E-state index in [9.17, 15) is 19.7 Å². The van der Waals surface area contributed by atoms with E-state index in [1.807, 2.05) is 7.05 Å². The van der Waals surface area contributed by atoms with Gasteiger partial charge in [0.15, 0.2) is 11.5 Å². The van der Waals surface area contributed by atoms with Crippen molar-refractivity contribution in [1.82, 2.24) is 25.2 Å². The zero-order chi connectivity index (χ0) is 19.4. The molecule has 27 heavy (non-hydrogen) atoms. The number of carbonyl (C=O) groups is 2. The van der Waals surface area contributed by atoms with Gasteiger partial charge in [0.1, 0.15) is 10.6 Å². The summed E-state index contributed by atoms with van der Waals surface area (Å²) < 4.78 is 4.88. The molecule has 2 amide bonds. The molecule has 1 aliphatic rings. The molecule has 0 bridgehead atoms. The van der Waals surface area contributed by atoms with E-state index in [0.717, 1.165) is 19.3 Å².